The minimum atomic E-state index is 0.605. The fourth-order valence-corrected chi connectivity index (χ4v) is 1.18. The fourth-order valence-electron chi connectivity index (χ4n) is 1.18. The Balaban J connectivity index is 2.66. The highest BCUT2D eigenvalue weighted by Gasteiger charge is 1.91. The average Bonchev–Trinajstić information content (AvgIpc) is 2.34. The topological polar surface area (TPSA) is 48.2 Å². The Morgan fingerprint density at radius 3 is 2.81 bits per heavy atom. The highest BCUT2D eigenvalue weighted by Crippen LogP contribution is 2.00. The summed E-state index contributed by atoms with van der Waals surface area (Å²) in [5.41, 5.74) is 1.09. The summed E-state index contributed by atoms with van der Waals surface area (Å²) in [6.07, 6.45) is 6.53. The predicted molar refractivity (Wildman–Crippen MR) is 66.8 cm³/mol. The van der Waals surface area contributed by atoms with Gasteiger partial charge in [-0.05, 0) is 18.1 Å². The number of nitrogens with zero attached hydrogens (tertiary/aromatic N) is 2. The number of aliphatic imine (C=N–C) groups is 1. The van der Waals surface area contributed by atoms with Crippen LogP contribution >= 0.6 is 0 Å². The number of hydrogen-bond donors (Lipinski definition) is 1. The largest absolute Gasteiger partial charge is 0.369 e. The zero-order valence-electron chi connectivity index (χ0n) is 9.35. The van der Waals surface area contributed by atoms with Crippen LogP contribution in [0.1, 0.15) is 18.9 Å². The number of nitriles is 1. The molecule has 0 saturated carbocycles. The third kappa shape index (κ3) is 4.43. The molecular weight excluding hydrogens is 198 g/mol. The molecule has 0 saturated heterocycles. The normalized spacial score (nSPS) is 11.4. The van der Waals surface area contributed by atoms with Crippen molar-refractivity contribution in [2.24, 2.45) is 4.99 Å². The molecule has 0 heterocycles. The van der Waals surface area contributed by atoms with Crippen molar-refractivity contribution in [2.45, 2.75) is 13.3 Å². The molecule has 0 amide bonds. The van der Waals surface area contributed by atoms with Gasteiger partial charge in [0.15, 0.2) is 0 Å². The van der Waals surface area contributed by atoms with E-state index < -0.39 is 0 Å². The molecule has 1 N–H and O–H groups in total. The monoisotopic (exact) mass is 213 g/mol. The average molecular weight is 213 g/mol. The molecule has 3 heteroatoms. The van der Waals surface area contributed by atoms with Crippen LogP contribution in [0.3, 0.4) is 0 Å². The lowest BCUT2D eigenvalue weighted by Crippen LogP contribution is -2.21. The third-order valence-corrected chi connectivity index (χ3v) is 1.96. The number of amidine groups is 1. The summed E-state index contributed by atoms with van der Waals surface area (Å²) in [5.74, 6) is 0.605. The SMILES string of the molecule is CCCNC(/C=C/c1ccccc1)=N/C#N. The molecule has 0 aliphatic heterocycles. The number of hydrogen-bond acceptors (Lipinski definition) is 2. The molecule has 1 aromatic rings. The molecule has 1 aromatic carbocycles. The highest BCUT2D eigenvalue weighted by molar-refractivity contribution is 5.96. The van der Waals surface area contributed by atoms with E-state index in [1.807, 2.05) is 42.5 Å². The first-order chi connectivity index (χ1) is 7.86. The highest BCUT2D eigenvalue weighted by atomic mass is 15.0. The fraction of sp³-hybridized carbons (Fsp3) is 0.231. The van der Waals surface area contributed by atoms with Gasteiger partial charge in [0.05, 0.1) is 0 Å². The van der Waals surface area contributed by atoms with Gasteiger partial charge in [0, 0.05) is 6.54 Å². The van der Waals surface area contributed by atoms with Gasteiger partial charge in [0.25, 0.3) is 0 Å². The van der Waals surface area contributed by atoms with Gasteiger partial charge in [0.2, 0.25) is 6.19 Å². The summed E-state index contributed by atoms with van der Waals surface area (Å²) in [7, 11) is 0. The van der Waals surface area contributed by atoms with Crippen LogP contribution in [0.4, 0.5) is 0 Å². The molecule has 0 spiro atoms. The lowest BCUT2D eigenvalue weighted by Gasteiger charge is -2.01. The van der Waals surface area contributed by atoms with Crippen molar-refractivity contribution in [3.05, 3.63) is 42.0 Å². The van der Waals surface area contributed by atoms with Crippen LogP contribution in [0.5, 0.6) is 0 Å². The summed E-state index contributed by atoms with van der Waals surface area (Å²) in [4.78, 5) is 3.70. The molecule has 0 bridgehead atoms. The van der Waals surface area contributed by atoms with Crippen molar-refractivity contribution in [3.63, 3.8) is 0 Å². The Kier molecular flexibility index (Phi) is 5.43. The molecule has 1 rings (SSSR count). The lowest BCUT2D eigenvalue weighted by atomic mass is 10.2. The Labute approximate surface area is 96.1 Å². The standard InChI is InChI=1S/C13H15N3/c1-2-10-15-13(16-11-14)9-8-12-6-4-3-5-7-12/h3-9H,2,10H2,1H3,(H,15,16)/b9-8+. The van der Waals surface area contributed by atoms with Gasteiger partial charge in [-0.25, -0.2) is 0 Å². The molecule has 0 aliphatic carbocycles. The summed E-state index contributed by atoms with van der Waals surface area (Å²) in [6, 6.07) is 9.91. The smallest absolute Gasteiger partial charge is 0.207 e. The van der Waals surface area contributed by atoms with E-state index in [-0.39, 0.29) is 0 Å². The van der Waals surface area contributed by atoms with Crippen molar-refractivity contribution < 1.29 is 0 Å². The molecule has 0 atom stereocenters. The number of nitrogens with one attached hydrogen (secondary N) is 1. The van der Waals surface area contributed by atoms with Crippen LogP contribution in [0.15, 0.2) is 41.4 Å². The van der Waals surface area contributed by atoms with Crippen LogP contribution in [0.25, 0.3) is 6.08 Å². The molecule has 0 radical (unpaired) electrons. The molecule has 0 aromatic heterocycles. The Hall–Kier alpha value is -2.08. The van der Waals surface area contributed by atoms with Gasteiger partial charge in [-0.1, -0.05) is 43.3 Å². The van der Waals surface area contributed by atoms with Crippen LogP contribution in [0, 0.1) is 11.5 Å². The van der Waals surface area contributed by atoms with Gasteiger partial charge in [-0.2, -0.15) is 10.3 Å². The van der Waals surface area contributed by atoms with E-state index in [0.717, 1.165) is 18.5 Å². The van der Waals surface area contributed by atoms with E-state index in [0.29, 0.717) is 5.84 Å². The minimum absolute atomic E-state index is 0.605. The maximum atomic E-state index is 8.52. The van der Waals surface area contributed by atoms with E-state index in [9.17, 15) is 0 Å². The first kappa shape index (κ1) is 12.0. The summed E-state index contributed by atoms with van der Waals surface area (Å²) in [6.45, 7) is 2.89. The lowest BCUT2D eigenvalue weighted by molar-refractivity contribution is 0.842. The Morgan fingerprint density at radius 2 is 2.19 bits per heavy atom. The Morgan fingerprint density at radius 1 is 1.44 bits per heavy atom. The third-order valence-electron chi connectivity index (χ3n) is 1.96. The Bertz CT molecular complexity index is 399. The first-order valence-corrected chi connectivity index (χ1v) is 5.30. The maximum Gasteiger partial charge on any atom is 0.207 e. The van der Waals surface area contributed by atoms with Crippen molar-refractivity contribution in [1.29, 1.82) is 5.26 Å². The minimum Gasteiger partial charge on any atom is -0.369 e. The number of benzene rings is 1. The van der Waals surface area contributed by atoms with Gasteiger partial charge in [-0.3, -0.25) is 0 Å². The number of rotatable bonds is 4. The summed E-state index contributed by atoms with van der Waals surface area (Å²) < 4.78 is 0. The molecule has 0 fully saturated rings. The van der Waals surface area contributed by atoms with Crippen molar-refractivity contribution in [3.8, 4) is 6.19 Å². The molecule has 0 aliphatic rings. The van der Waals surface area contributed by atoms with Crippen molar-refractivity contribution in [1.82, 2.24) is 5.32 Å². The van der Waals surface area contributed by atoms with E-state index in [4.69, 9.17) is 5.26 Å². The second kappa shape index (κ2) is 7.24. The van der Waals surface area contributed by atoms with Gasteiger partial charge in [-0.15, -0.1) is 0 Å². The van der Waals surface area contributed by atoms with Crippen LogP contribution in [-0.2, 0) is 0 Å². The summed E-state index contributed by atoms with van der Waals surface area (Å²) >= 11 is 0. The van der Waals surface area contributed by atoms with E-state index in [2.05, 4.69) is 17.2 Å². The molecule has 16 heavy (non-hydrogen) atoms. The van der Waals surface area contributed by atoms with Crippen molar-refractivity contribution in [2.75, 3.05) is 6.54 Å². The van der Waals surface area contributed by atoms with Gasteiger partial charge in [0.1, 0.15) is 5.84 Å². The summed E-state index contributed by atoms with van der Waals surface area (Å²) in [5, 5.41) is 11.6. The van der Waals surface area contributed by atoms with Crippen molar-refractivity contribution >= 4 is 11.9 Å². The van der Waals surface area contributed by atoms with Crippen LogP contribution in [0.2, 0.25) is 0 Å². The molecule has 3 nitrogen and oxygen atoms in total. The van der Waals surface area contributed by atoms with E-state index in [1.165, 1.54) is 0 Å². The van der Waals surface area contributed by atoms with Gasteiger partial charge < -0.3 is 5.32 Å². The second-order valence-electron chi connectivity index (χ2n) is 3.27. The van der Waals surface area contributed by atoms with Crippen LogP contribution in [-0.4, -0.2) is 12.4 Å². The molecule has 0 unspecified atom stereocenters. The van der Waals surface area contributed by atoms with E-state index >= 15 is 0 Å². The molecule has 82 valence electrons. The van der Waals surface area contributed by atoms with E-state index in [1.54, 1.807) is 6.19 Å². The first-order valence-electron chi connectivity index (χ1n) is 5.30. The predicted octanol–water partition coefficient (Wildman–Crippen LogP) is 2.58. The molecular formula is C13H15N3. The zero-order chi connectivity index (χ0) is 11.6. The maximum absolute atomic E-state index is 8.52. The van der Waals surface area contributed by atoms with Gasteiger partial charge >= 0.3 is 0 Å². The quantitative estimate of drug-likeness (QED) is 0.474. The second-order valence-corrected chi connectivity index (χ2v) is 3.27. The zero-order valence-corrected chi connectivity index (χ0v) is 9.35. The van der Waals surface area contributed by atoms with Crippen LogP contribution < -0.4 is 5.32 Å².